The standard InChI is InChI=1S/C12H17F3N2O/c1-8(2)17-7-10-5-4-6-16-11(10)18-9(3)12(13,14)15/h4-6,8-9,17H,7H2,1-3H3. The molecular weight excluding hydrogens is 245 g/mol. The Labute approximate surface area is 104 Å². The van der Waals surface area contributed by atoms with Crippen molar-refractivity contribution in [3.05, 3.63) is 23.9 Å². The Morgan fingerprint density at radius 1 is 1.33 bits per heavy atom. The minimum Gasteiger partial charge on any atom is -0.465 e. The lowest BCUT2D eigenvalue weighted by atomic mass is 10.2. The van der Waals surface area contributed by atoms with E-state index in [1.165, 1.54) is 6.20 Å². The molecule has 0 amide bonds. The number of pyridine rings is 1. The number of nitrogens with one attached hydrogen (secondary N) is 1. The zero-order valence-corrected chi connectivity index (χ0v) is 10.6. The van der Waals surface area contributed by atoms with Crippen LogP contribution in [0.25, 0.3) is 0 Å². The van der Waals surface area contributed by atoms with Gasteiger partial charge in [0, 0.05) is 24.3 Å². The molecule has 1 atom stereocenters. The Kier molecular flexibility index (Phi) is 4.95. The Bertz CT molecular complexity index is 380. The first-order valence-electron chi connectivity index (χ1n) is 5.71. The van der Waals surface area contributed by atoms with E-state index in [9.17, 15) is 13.2 Å². The van der Waals surface area contributed by atoms with Crippen LogP contribution in [0, 0.1) is 0 Å². The van der Waals surface area contributed by atoms with Crippen molar-refractivity contribution in [2.24, 2.45) is 0 Å². The van der Waals surface area contributed by atoms with Crippen molar-refractivity contribution >= 4 is 0 Å². The highest BCUT2D eigenvalue weighted by Gasteiger charge is 2.38. The molecule has 0 aliphatic rings. The van der Waals surface area contributed by atoms with Gasteiger partial charge in [-0.3, -0.25) is 0 Å². The van der Waals surface area contributed by atoms with Gasteiger partial charge in [-0.1, -0.05) is 19.9 Å². The minimum absolute atomic E-state index is 0.0236. The Morgan fingerprint density at radius 3 is 2.56 bits per heavy atom. The molecule has 0 aromatic carbocycles. The van der Waals surface area contributed by atoms with E-state index >= 15 is 0 Å². The Hall–Kier alpha value is -1.30. The third kappa shape index (κ3) is 4.52. The third-order valence-corrected chi connectivity index (χ3v) is 2.30. The highest BCUT2D eigenvalue weighted by molar-refractivity contribution is 5.25. The van der Waals surface area contributed by atoms with Crippen LogP contribution in [0.2, 0.25) is 0 Å². The fourth-order valence-electron chi connectivity index (χ4n) is 1.21. The first-order chi connectivity index (χ1) is 8.30. The minimum atomic E-state index is -4.39. The number of aromatic nitrogens is 1. The predicted octanol–water partition coefficient (Wildman–Crippen LogP) is 2.91. The molecule has 6 heteroatoms. The van der Waals surface area contributed by atoms with Gasteiger partial charge in [0.25, 0.3) is 0 Å². The van der Waals surface area contributed by atoms with Crippen molar-refractivity contribution < 1.29 is 17.9 Å². The topological polar surface area (TPSA) is 34.2 Å². The second kappa shape index (κ2) is 6.04. The van der Waals surface area contributed by atoms with Gasteiger partial charge >= 0.3 is 6.18 Å². The van der Waals surface area contributed by atoms with Crippen LogP contribution in [0.15, 0.2) is 18.3 Å². The summed E-state index contributed by atoms with van der Waals surface area (Å²) in [7, 11) is 0. The van der Waals surface area contributed by atoms with Crippen molar-refractivity contribution in [2.75, 3.05) is 0 Å². The maximum Gasteiger partial charge on any atom is 0.425 e. The van der Waals surface area contributed by atoms with Crippen LogP contribution in [0.3, 0.4) is 0 Å². The van der Waals surface area contributed by atoms with Gasteiger partial charge in [0.15, 0.2) is 6.10 Å². The van der Waals surface area contributed by atoms with Gasteiger partial charge < -0.3 is 10.1 Å². The van der Waals surface area contributed by atoms with Crippen LogP contribution in [-0.2, 0) is 6.54 Å². The fraction of sp³-hybridized carbons (Fsp3) is 0.583. The van der Waals surface area contributed by atoms with E-state index in [1.54, 1.807) is 12.1 Å². The van der Waals surface area contributed by atoms with E-state index in [2.05, 4.69) is 10.3 Å². The highest BCUT2D eigenvalue weighted by atomic mass is 19.4. The summed E-state index contributed by atoms with van der Waals surface area (Å²) in [5.41, 5.74) is 0.613. The summed E-state index contributed by atoms with van der Waals surface area (Å²) in [4.78, 5) is 3.85. The van der Waals surface area contributed by atoms with Crippen LogP contribution in [-0.4, -0.2) is 23.3 Å². The van der Waals surface area contributed by atoms with E-state index in [1.807, 2.05) is 13.8 Å². The molecule has 0 aliphatic carbocycles. The van der Waals surface area contributed by atoms with Crippen LogP contribution in [0.5, 0.6) is 5.88 Å². The average Bonchev–Trinajstić information content (AvgIpc) is 2.26. The van der Waals surface area contributed by atoms with Gasteiger partial charge in [0.05, 0.1) is 0 Å². The summed E-state index contributed by atoms with van der Waals surface area (Å²) >= 11 is 0. The molecule has 3 nitrogen and oxygen atoms in total. The van der Waals surface area contributed by atoms with Gasteiger partial charge in [-0.2, -0.15) is 13.2 Å². The van der Waals surface area contributed by atoms with Crippen LogP contribution >= 0.6 is 0 Å². The SMILES string of the molecule is CC(C)NCc1cccnc1OC(C)C(F)(F)F. The number of hydrogen-bond acceptors (Lipinski definition) is 3. The number of ether oxygens (including phenoxy) is 1. The van der Waals surface area contributed by atoms with E-state index in [0.717, 1.165) is 6.92 Å². The number of halogens is 3. The third-order valence-electron chi connectivity index (χ3n) is 2.30. The molecule has 1 N–H and O–H groups in total. The van der Waals surface area contributed by atoms with Gasteiger partial charge in [-0.25, -0.2) is 4.98 Å². The molecular formula is C12H17F3N2O. The van der Waals surface area contributed by atoms with Crippen molar-refractivity contribution in [3.63, 3.8) is 0 Å². The Balaban J connectivity index is 2.76. The second-order valence-electron chi connectivity index (χ2n) is 4.30. The van der Waals surface area contributed by atoms with Crippen molar-refractivity contribution in [3.8, 4) is 5.88 Å². The summed E-state index contributed by atoms with van der Waals surface area (Å²) in [6.45, 7) is 5.30. The molecule has 102 valence electrons. The number of hydrogen-bond donors (Lipinski definition) is 1. The molecule has 0 saturated heterocycles. The van der Waals surface area contributed by atoms with Crippen LogP contribution < -0.4 is 10.1 Å². The van der Waals surface area contributed by atoms with E-state index in [4.69, 9.17) is 4.74 Å². The Morgan fingerprint density at radius 2 is 2.00 bits per heavy atom. The lowest BCUT2D eigenvalue weighted by Crippen LogP contribution is -2.32. The maximum atomic E-state index is 12.4. The average molecular weight is 262 g/mol. The normalized spacial score (nSPS) is 13.7. The lowest BCUT2D eigenvalue weighted by molar-refractivity contribution is -0.190. The molecule has 1 rings (SSSR count). The van der Waals surface area contributed by atoms with Gasteiger partial charge in [0.1, 0.15) is 0 Å². The number of rotatable bonds is 5. The fourth-order valence-corrected chi connectivity index (χ4v) is 1.21. The molecule has 1 aromatic rings. The molecule has 1 heterocycles. The summed E-state index contributed by atoms with van der Waals surface area (Å²) in [6.07, 6.45) is -4.84. The molecule has 1 aromatic heterocycles. The monoisotopic (exact) mass is 262 g/mol. The van der Waals surface area contributed by atoms with Crippen molar-refractivity contribution in [1.82, 2.24) is 10.3 Å². The predicted molar refractivity (Wildman–Crippen MR) is 62.4 cm³/mol. The molecule has 0 spiro atoms. The summed E-state index contributed by atoms with van der Waals surface area (Å²) in [5.74, 6) is 0.0236. The molecule has 0 radical (unpaired) electrons. The molecule has 0 aliphatic heterocycles. The molecule has 0 fully saturated rings. The van der Waals surface area contributed by atoms with Gasteiger partial charge in [0.2, 0.25) is 5.88 Å². The molecule has 0 bridgehead atoms. The largest absolute Gasteiger partial charge is 0.465 e. The zero-order valence-electron chi connectivity index (χ0n) is 10.6. The lowest BCUT2D eigenvalue weighted by Gasteiger charge is -2.19. The second-order valence-corrected chi connectivity index (χ2v) is 4.30. The van der Waals surface area contributed by atoms with E-state index < -0.39 is 12.3 Å². The van der Waals surface area contributed by atoms with Crippen molar-refractivity contribution in [1.29, 1.82) is 0 Å². The number of nitrogens with zero attached hydrogens (tertiary/aromatic N) is 1. The van der Waals surface area contributed by atoms with E-state index in [-0.39, 0.29) is 11.9 Å². The maximum absolute atomic E-state index is 12.4. The highest BCUT2D eigenvalue weighted by Crippen LogP contribution is 2.25. The molecule has 18 heavy (non-hydrogen) atoms. The number of alkyl halides is 3. The zero-order chi connectivity index (χ0) is 13.8. The first kappa shape index (κ1) is 14.8. The van der Waals surface area contributed by atoms with Gasteiger partial charge in [-0.05, 0) is 13.0 Å². The van der Waals surface area contributed by atoms with E-state index in [0.29, 0.717) is 12.1 Å². The summed E-state index contributed by atoms with van der Waals surface area (Å²) < 4.78 is 42.1. The van der Waals surface area contributed by atoms with Crippen molar-refractivity contribution in [2.45, 2.75) is 45.6 Å². The molecule has 0 saturated carbocycles. The smallest absolute Gasteiger partial charge is 0.425 e. The van der Waals surface area contributed by atoms with Crippen LogP contribution in [0.4, 0.5) is 13.2 Å². The summed E-state index contributed by atoms with van der Waals surface area (Å²) in [5, 5.41) is 3.11. The van der Waals surface area contributed by atoms with Gasteiger partial charge in [-0.15, -0.1) is 0 Å². The quantitative estimate of drug-likeness (QED) is 0.886. The first-order valence-corrected chi connectivity index (χ1v) is 5.71. The van der Waals surface area contributed by atoms with Crippen LogP contribution in [0.1, 0.15) is 26.3 Å². The summed E-state index contributed by atoms with van der Waals surface area (Å²) in [6, 6.07) is 3.60. The molecule has 1 unspecified atom stereocenters.